The van der Waals surface area contributed by atoms with Gasteiger partial charge in [-0.25, -0.2) is 0 Å². The van der Waals surface area contributed by atoms with Crippen LogP contribution in [0, 0.1) is 11.8 Å². The molecule has 0 radical (unpaired) electrons. The fourth-order valence-electron chi connectivity index (χ4n) is 3.72. The summed E-state index contributed by atoms with van der Waals surface area (Å²) in [6.45, 7) is 3.62. The largest absolute Gasteiger partial charge is 0.326 e. The normalized spacial score (nSPS) is 18.7. The maximum absolute atomic E-state index is 12.5. The molecule has 1 saturated carbocycles. The summed E-state index contributed by atoms with van der Waals surface area (Å²) in [4.78, 5) is 36.4. The van der Waals surface area contributed by atoms with Gasteiger partial charge in [0.2, 0.25) is 11.8 Å². The highest BCUT2D eigenvalue weighted by molar-refractivity contribution is 5.96. The first kappa shape index (κ1) is 20.8. The summed E-state index contributed by atoms with van der Waals surface area (Å²) in [5.74, 6) is -0.126. The molecule has 3 rings (SSSR count). The second-order valence-corrected chi connectivity index (χ2v) is 7.71. The third kappa shape index (κ3) is 5.53. The number of amides is 2. The van der Waals surface area contributed by atoms with E-state index in [2.05, 4.69) is 17.6 Å². The van der Waals surface area contributed by atoms with Crippen LogP contribution in [0.1, 0.15) is 55.5 Å². The summed E-state index contributed by atoms with van der Waals surface area (Å²) < 4.78 is 0. The summed E-state index contributed by atoms with van der Waals surface area (Å²) >= 11 is 0. The fourth-order valence-corrected chi connectivity index (χ4v) is 3.72. The van der Waals surface area contributed by atoms with Gasteiger partial charge in [-0.1, -0.05) is 19.1 Å². The third-order valence-corrected chi connectivity index (χ3v) is 5.66. The minimum absolute atomic E-state index is 0.000724. The van der Waals surface area contributed by atoms with Gasteiger partial charge in [0.1, 0.15) is 0 Å². The zero-order valence-electron chi connectivity index (χ0n) is 17.0. The molecule has 2 amide bonds. The van der Waals surface area contributed by atoms with Crippen molar-refractivity contribution in [2.75, 3.05) is 10.6 Å². The summed E-state index contributed by atoms with van der Waals surface area (Å²) in [5, 5.41) is 5.92. The molecule has 0 heterocycles. The number of nitrogens with one attached hydrogen (secondary N) is 2. The predicted molar refractivity (Wildman–Crippen MR) is 115 cm³/mol. The van der Waals surface area contributed by atoms with Crippen molar-refractivity contribution in [1.29, 1.82) is 0 Å². The van der Waals surface area contributed by atoms with Gasteiger partial charge in [0.15, 0.2) is 5.78 Å². The highest BCUT2D eigenvalue weighted by Gasteiger charge is 2.30. The van der Waals surface area contributed by atoms with Crippen LogP contribution < -0.4 is 10.6 Å². The minimum atomic E-state index is -0.0876. The Hall–Kier alpha value is -2.95. The van der Waals surface area contributed by atoms with Gasteiger partial charge in [-0.3, -0.25) is 14.4 Å². The van der Waals surface area contributed by atoms with Crippen molar-refractivity contribution in [1.82, 2.24) is 0 Å². The average Bonchev–Trinajstić information content (AvgIpc) is 2.74. The molecule has 0 saturated heterocycles. The van der Waals surface area contributed by atoms with Gasteiger partial charge in [0.05, 0.1) is 0 Å². The molecule has 0 bridgehead atoms. The SMILES string of the molecule is CCc1ccc(NC(=O)C2CCC(C(=O)Nc3ccc(C(C)=O)cc3)CC2)cc1. The van der Waals surface area contributed by atoms with Crippen LogP contribution in [-0.4, -0.2) is 17.6 Å². The number of anilines is 2. The molecule has 2 aromatic carbocycles. The Kier molecular flexibility index (Phi) is 6.81. The Morgan fingerprint density at radius 2 is 1.17 bits per heavy atom. The molecular weight excluding hydrogens is 364 g/mol. The molecule has 1 aliphatic carbocycles. The molecule has 1 aliphatic rings. The number of hydrogen-bond acceptors (Lipinski definition) is 3. The van der Waals surface area contributed by atoms with Crippen molar-refractivity contribution in [3.63, 3.8) is 0 Å². The van der Waals surface area contributed by atoms with Crippen LogP contribution in [0.2, 0.25) is 0 Å². The molecule has 0 spiro atoms. The van der Waals surface area contributed by atoms with Gasteiger partial charge < -0.3 is 10.6 Å². The summed E-state index contributed by atoms with van der Waals surface area (Å²) in [5.41, 5.74) is 3.38. The molecule has 2 aromatic rings. The first-order valence-electron chi connectivity index (χ1n) is 10.3. The van der Waals surface area contributed by atoms with Crippen LogP contribution >= 0.6 is 0 Å². The monoisotopic (exact) mass is 392 g/mol. The van der Waals surface area contributed by atoms with Crippen LogP contribution in [0.5, 0.6) is 0 Å². The maximum Gasteiger partial charge on any atom is 0.227 e. The van der Waals surface area contributed by atoms with Crippen molar-refractivity contribution in [3.8, 4) is 0 Å². The molecule has 2 N–H and O–H groups in total. The van der Waals surface area contributed by atoms with E-state index in [1.807, 2.05) is 24.3 Å². The van der Waals surface area contributed by atoms with E-state index in [9.17, 15) is 14.4 Å². The molecule has 1 fully saturated rings. The van der Waals surface area contributed by atoms with Gasteiger partial charge in [-0.05, 0) is 81.0 Å². The van der Waals surface area contributed by atoms with E-state index >= 15 is 0 Å². The molecule has 0 atom stereocenters. The van der Waals surface area contributed by atoms with E-state index in [4.69, 9.17) is 0 Å². The number of rotatable bonds is 6. The highest BCUT2D eigenvalue weighted by Crippen LogP contribution is 2.30. The first-order valence-corrected chi connectivity index (χ1v) is 10.3. The predicted octanol–water partition coefficient (Wildman–Crippen LogP) is 4.84. The number of carbonyl (C=O) groups is 3. The van der Waals surface area contributed by atoms with Gasteiger partial charge in [0.25, 0.3) is 0 Å². The highest BCUT2D eigenvalue weighted by atomic mass is 16.2. The fraction of sp³-hybridized carbons (Fsp3) is 0.375. The van der Waals surface area contributed by atoms with E-state index in [0.717, 1.165) is 12.1 Å². The summed E-state index contributed by atoms with van der Waals surface area (Å²) in [7, 11) is 0. The minimum Gasteiger partial charge on any atom is -0.326 e. The second-order valence-electron chi connectivity index (χ2n) is 7.71. The van der Waals surface area contributed by atoms with Crippen LogP contribution in [0.3, 0.4) is 0 Å². The Morgan fingerprint density at radius 1 is 0.759 bits per heavy atom. The summed E-state index contributed by atoms with van der Waals surface area (Å²) in [6.07, 6.45) is 3.79. The maximum atomic E-state index is 12.5. The number of benzene rings is 2. The van der Waals surface area contributed by atoms with E-state index in [1.54, 1.807) is 24.3 Å². The number of hydrogen-bond donors (Lipinski definition) is 2. The van der Waals surface area contributed by atoms with Crippen molar-refractivity contribution in [3.05, 3.63) is 59.7 Å². The molecule has 152 valence electrons. The lowest BCUT2D eigenvalue weighted by Crippen LogP contribution is -2.32. The van der Waals surface area contributed by atoms with Crippen molar-refractivity contribution < 1.29 is 14.4 Å². The Bertz CT molecular complexity index is 864. The Balaban J connectivity index is 1.48. The number of Topliss-reactive ketones (excluding diaryl/α,β-unsaturated/α-hetero) is 1. The molecule has 0 unspecified atom stereocenters. The molecule has 29 heavy (non-hydrogen) atoms. The van der Waals surface area contributed by atoms with Crippen LogP contribution in [0.4, 0.5) is 11.4 Å². The van der Waals surface area contributed by atoms with Gasteiger partial charge in [0, 0.05) is 28.8 Å². The zero-order valence-corrected chi connectivity index (χ0v) is 17.0. The third-order valence-electron chi connectivity index (χ3n) is 5.66. The van der Waals surface area contributed by atoms with Gasteiger partial charge in [-0.2, -0.15) is 0 Å². The Labute approximate surface area is 171 Å². The lowest BCUT2D eigenvalue weighted by atomic mass is 9.81. The van der Waals surface area contributed by atoms with Crippen molar-refractivity contribution >= 4 is 29.0 Å². The second kappa shape index (κ2) is 9.50. The topological polar surface area (TPSA) is 75.3 Å². The number of carbonyl (C=O) groups excluding carboxylic acids is 3. The molecule has 0 aliphatic heterocycles. The summed E-state index contributed by atoms with van der Waals surface area (Å²) in [6, 6.07) is 14.9. The molecule has 5 heteroatoms. The molecule has 5 nitrogen and oxygen atoms in total. The van der Waals surface area contributed by atoms with Crippen LogP contribution in [0.25, 0.3) is 0 Å². The zero-order chi connectivity index (χ0) is 20.8. The quantitative estimate of drug-likeness (QED) is 0.691. The van der Waals surface area contributed by atoms with E-state index in [0.29, 0.717) is 36.9 Å². The average molecular weight is 392 g/mol. The smallest absolute Gasteiger partial charge is 0.227 e. The van der Waals surface area contributed by atoms with E-state index < -0.39 is 0 Å². The van der Waals surface area contributed by atoms with E-state index in [-0.39, 0.29) is 29.4 Å². The Morgan fingerprint density at radius 3 is 1.55 bits per heavy atom. The van der Waals surface area contributed by atoms with Crippen LogP contribution in [0.15, 0.2) is 48.5 Å². The van der Waals surface area contributed by atoms with Gasteiger partial charge >= 0.3 is 0 Å². The van der Waals surface area contributed by atoms with Gasteiger partial charge in [-0.15, -0.1) is 0 Å². The number of ketones is 1. The van der Waals surface area contributed by atoms with Crippen molar-refractivity contribution in [2.45, 2.75) is 46.0 Å². The first-order chi connectivity index (χ1) is 14.0. The van der Waals surface area contributed by atoms with E-state index in [1.165, 1.54) is 12.5 Å². The van der Waals surface area contributed by atoms with Crippen LogP contribution in [-0.2, 0) is 16.0 Å². The standard InChI is InChI=1S/C24H28N2O3/c1-3-17-4-12-21(13-5-17)25-23(28)19-6-8-20(9-7-19)24(29)26-22-14-10-18(11-15-22)16(2)27/h4-5,10-15,19-20H,3,6-9H2,1-2H3,(H,25,28)(H,26,29). The molecule has 0 aromatic heterocycles. The lowest BCUT2D eigenvalue weighted by molar-refractivity contribution is -0.125. The van der Waals surface area contributed by atoms with Crippen molar-refractivity contribution in [2.24, 2.45) is 11.8 Å². The molecular formula is C24H28N2O3. The number of aryl methyl sites for hydroxylation is 1. The lowest BCUT2D eigenvalue weighted by Gasteiger charge is -2.27.